The zero-order valence-electron chi connectivity index (χ0n) is 16.9. The van der Waals surface area contributed by atoms with Gasteiger partial charge in [-0.15, -0.1) is 0 Å². The van der Waals surface area contributed by atoms with Crippen molar-refractivity contribution in [1.29, 1.82) is 0 Å². The summed E-state index contributed by atoms with van der Waals surface area (Å²) < 4.78 is 0. The lowest BCUT2D eigenvalue weighted by molar-refractivity contribution is -0.157. The molecule has 0 aromatic heterocycles. The summed E-state index contributed by atoms with van der Waals surface area (Å²) in [6.07, 6.45) is 11.6. The van der Waals surface area contributed by atoms with Crippen LogP contribution in [0, 0.1) is 22.7 Å². The second-order valence-corrected chi connectivity index (χ2v) is 10.5. The van der Waals surface area contributed by atoms with Gasteiger partial charge in [0.25, 0.3) is 0 Å². The lowest BCUT2D eigenvalue weighted by atomic mass is 9.46. The number of rotatable bonds is 6. The van der Waals surface area contributed by atoms with Crippen molar-refractivity contribution in [2.75, 3.05) is 32.7 Å². The Morgan fingerprint density at radius 3 is 2.38 bits per heavy atom. The van der Waals surface area contributed by atoms with Crippen LogP contribution in [0.25, 0.3) is 0 Å². The van der Waals surface area contributed by atoms with E-state index in [1.165, 1.54) is 58.0 Å². The highest BCUT2D eigenvalue weighted by molar-refractivity contribution is 5.70. The Kier molecular flexibility index (Phi) is 5.11. The highest BCUT2D eigenvalue weighted by atomic mass is 16.4. The minimum absolute atomic E-state index is 0.137. The summed E-state index contributed by atoms with van der Waals surface area (Å²) >= 11 is 0. The first-order chi connectivity index (χ1) is 12.4. The summed E-state index contributed by atoms with van der Waals surface area (Å²) in [6, 6.07) is 0.821. The molecule has 148 valence electrons. The molecule has 1 N–H and O–H groups in total. The van der Waals surface area contributed by atoms with Gasteiger partial charge in [-0.1, -0.05) is 20.3 Å². The van der Waals surface area contributed by atoms with Crippen LogP contribution in [-0.2, 0) is 4.79 Å². The van der Waals surface area contributed by atoms with E-state index in [4.69, 9.17) is 0 Å². The molecule has 0 amide bonds. The molecule has 5 rings (SSSR count). The van der Waals surface area contributed by atoms with Gasteiger partial charge < -0.3 is 14.9 Å². The van der Waals surface area contributed by atoms with Crippen molar-refractivity contribution in [3.8, 4) is 0 Å². The van der Waals surface area contributed by atoms with Gasteiger partial charge in [0.05, 0.1) is 5.92 Å². The van der Waals surface area contributed by atoms with E-state index >= 15 is 0 Å². The molecule has 0 aromatic rings. The molecule has 2 aliphatic carbocycles. The molecular weight excluding hydrogens is 324 g/mol. The second-order valence-electron chi connectivity index (χ2n) is 10.5. The third kappa shape index (κ3) is 3.44. The van der Waals surface area contributed by atoms with E-state index < -0.39 is 5.97 Å². The molecule has 3 atom stereocenters. The van der Waals surface area contributed by atoms with Crippen LogP contribution in [-0.4, -0.2) is 59.6 Å². The van der Waals surface area contributed by atoms with Crippen molar-refractivity contribution in [3.63, 3.8) is 0 Å². The first-order valence-corrected chi connectivity index (χ1v) is 11.1. The van der Waals surface area contributed by atoms with Gasteiger partial charge in [-0.05, 0) is 87.7 Å². The average Bonchev–Trinajstić information content (AvgIpc) is 2.58. The van der Waals surface area contributed by atoms with Crippen molar-refractivity contribution < 1.29 is 9.90 Å². The fourth-order valence-electron chi connectivity index (χ4n) is 7.19. The second kappa shape index (κ2) is 7.09. The first kappa shape index (κ1) is 18.7. The van der Waals surface area contributed by atoms with Crippen molar-refractivity contribution in [1.82, 2.24) is 9.80 Å². The predicted octanol–water partition coefficient (Wildman–Crippen LogP) is 3.85. The zero-order chi connectivity index (χ0) is 18.4. The number of fused-ring (bicyclic) bond motifs is 1. The third-order valence-electron chi connectivity index (χ3n) is 8.54. The minimum atomic E-state index is -0.605. The van der Waals surface area contributed by atoms with Crippen molar-refractivity contribution in [2.24, 2.45) is 22.7 Å². The monoisotopic (exact) mass is 362 g/mol. The van der Waals surface area contributed by atoms with Crippen molar-refractivity contribution >= 4 is 5.97 Å². The number of carboxylic acids is 1. The van der Waals surface area contributed by atoms with E-state index in [-0.39, 0.29) is 5.92 Å². The van der Waals surface area contributed by atoms with Crippen LogP contribution in [0.5, 0.6) is 0 Å². The lowest BCUT2D eigenvalue weighted by Gasteiger charge is -2.66. The molecule has 2 saturated carbocycles. The summed E-state index contributed by atoms with van der Waals surface area (Å²) in [4.78, 5) is 16.4. The highest BCUT2D eigenvalue weighted by Gasteiger charge is 2.58. The van der Waals surface area contributed by atoms with Gasteiger partial charge in [0, 0.05) is 19.1 Å². The number of nitrogens with zero attached hydrogens (tertiary/aromatic N) is 2. The van der Waals surface area contributed by atoms with Gasteiger partial charge >= 0.3 is 5.97 Å². The van der Waals surface area contributed by atoms with Crippen LogP contribution in [0.4, 0.5) is 0 Å². The molecule has 0 spiro atoms. The molecule has 4 bridgehead atoms. The lowest BCUT2D eigenvalue weighted by Crippen LogP contribution is -2.64. The summed E-state index contributed by atoms with van der Waals surface area (Å²) in [7, 11) is 0. The number of carboxylic acid groups (broad SMARTS) is 1. The Bertz CT molecular complexity index is 518. The Balaban J connectivity index is 1.23. The van der Waals surface area contributed by atoms with Crippen LogP contribution < -0.4 is 0 Å². The Hall–Kier alpha value is -0.610. The van der Waals surface area contributed by atoms with Crippen molar-refractivity contribution in [3.05, 3.63) is 0 Å². The molecule has 0 aromatic carbocycles. The van der Waals surface area contributed by atoms with Gasteiger partial charge in [0.2, 0.25) is 0 Å². The number of hydrogen-bond donors (Lipinski definition) is 1. The maximum absolute atomic E-state index is 11.2. The number of piperidine rings is 3. The van der Waals surface area contributed by atoms with Crippen LogP contribution in [0.15, 0.2) is 0 Å². The summed E-state index contributed by atoms with van der Waals surface area (Å²) in [6.45, 7) is 10.7. The molecular formula is C22H38N2O2. The average molecular weight is 363 g/mol. The fraction of sp³-hybridized carbons (Fsp3) is 0.955. The number of unbranched alkanes of at least 4 members (excludes halogenated alkanes) is 1. The number of aliphatic carboxylic acids is 1. The SMILES string of the molecule is CC12CCCC3(C)CC(C1)N(CCCCN1CCCC(C(=O)O)C1)CC23. The smallest absolute Gasteiger partial charge is 0.307 e. The quantitative estimate of drug-likeness (QED) is 0.729. The Morgan fingerprint density at radius 2 is 1.73 bits per heavy atom. The Labute approximate surface area is 159 Å². The molecule has 3 heterocycles. The van der Waals surface area contributed by atoms with Gasteiger partial charge in [-0.3, -0.25) is 4.79 Å². The number of likely N-dealkylation sites (tertiary alicyclic amines) is 1. The summed E-state index contributed by atoms with van der Waals surface area (Å²) in [5.74, 6) is 0.168. The van der Waals surface area contributed by atoms with E-state index in [9.17, 15) is 9.90 Å². The molecule has 3 aliphatic heterocycles. The zero-order valence-corrected chi connectivity index (χ0v) is 16.9. The van der Waals surface area contributed by atoms with Gasteiger partial charge in [-0.25, -0.2) is 0 Å². The molecule has 5 aliphatic rings. The van der Waals surface area contributed by atoms with Crippen LogP contribution in [0.2, 0.25) is 0 Å². The molecule has 4 nitrogen and oxygen atoms in total. The third-order valence-corrected chi connectivity index (χ3v) is 8.54. The number of carbonyl (C=O) groups is 1. The molecule has 3 unspecified atom stereocenters. The molecule has 4 heteroatoms. The largest absolute Gasteiger partial charge is 0.481 e. The van der Waals surface area contributed by atoms with Crippen LogP contribution >= 0.6 is 0 Å². The van der Waals surface area contributed by atoms with Gasteiger partial charge in [0.15, 0.2) is 0 Å². The van der Waals surface area contributed by atoms with Crippen LogP contribution in [0.1, 0.15) is 71.6 Å². The molecule has 3 saturated heterocycles. The molecule has 26 heavy (non-hydrogen) atoms. The highest BCUT2D eigenvalue weighted by Crippen LogP contribution is 2.63. The maximum Gasteiger partial charge on any atom is 0.307 e. The standard InChI is InChI=1S/C22H38N2O2/c1-21-8-6-9-22(2)14-18(13-21)24(16-19(21)22)12-4-3-10-23-11-5-7-17(15-23)20(25)26/h17-19H,3-16H2,1-2H3,(H,25,26). The minimum Gasteiger partial charge on any atom is -0.481 e. The normalized spacial score (nSPS) is 43.5. The van der Waals surface area contributed by atoms with E-state index in [1.54, 1.807) is 0 Å². The summed E-state index contributed by atoms with van der Waals surface area (Å²) in [5.41, 5.74) is 1.23. The summed E-state index contributed by atoms with van der Waals surface area (Å²) in [5, 5.41) is 9.23. The maximum atomic E-state index is 11.2. The number of hydrogen-bond acceptors (Lipinski definition) is 3. The predicted molar refractivity (Wildman–Crippen MR) is 104 cm³/mol. The van der Waals surface area contributed by atoms with E-state index in [1.807, 2.05) is 0 Å². The van der Waals surface area contributed by atoms with Crippen LogP contribution in [0.3, 0.4) is 0 Å². The van der Waals surface area contributed by atoms with E-state index in [0.717, 1.165) is 44.4 Å². The molecule has 0 radical (unpaired) electrons. The molecule has 5 fully saturated rings. The fourth-order valence-corrected chi connectivity index (χ4v) is 7.19. The van der Waals surface area contributed by atoms with Gasteiger partial charge in [0.1, 0.15) is 0 Å². The van der Waals surface area contributed by atoms with Gasteiger partial charge in [-0.2, -0.15) is 0 Å². The van der Waals surface area contributed by atoms with E-state index in [2.05, 4.69) is 23.6 Å². The first-order valence-electron chi connectivity index (χ1n) is 11.1. The topological polar surface area (TPSA) is 43.8 Å². The Morgan fingerprint density at radius 1 is 1.04 bits per heavy atom. The van der Waals surface area contributed by atoms with Crippen molar-refractivity contribution in [2.45, 2.75) is 77.7 Å². The van der Waals surface area contributed by atoms with E-state index in [0.29, 0.717) is 10.8 Å².